The second-order valence-corrected chi connectivity index (χ2v) is 5.99. The summed E-state index contributed by atoms with van der Waals surface area (Å²) in [6.07, 6.45) is 3.56. The largest absolute Gasteiger partial charge is 0.354 e. The molecule has 1 N–H and O–H groups in total. The van der Waals surface area contributed by atoms with Gasteiger partial charge in [0.1, 0.15) is 6.04 Å². The van der Waals surface area contributed by atoms with Crippen LogP contribution in [0.4, 0.5) is 0 Å². The first-order valence-electron chi connectivity index (χ1n) is 7.98. The molecular formula is C19H25N3O. The Morgan fingerprint density at radius 1 is 1.17 bits per heavy atom. The van der Waals surface area contributed by atoms with Crippen LogP contribution in [0, 0.1) is 6.92 Å². The van der Waals surface area contributed by atoms with Crippen molar-refractivity contribution in [2.24, 2.45) is 0 Å². The molecule has 1 aromatic carbocycles. The first-order chi connectivity index (χ1) is 11.1. The summed E-state index contributed by atoms with van der Waals surface area (Å²) in [5, 5.41) is 3.04. The molecule has 0 aliphatic carbocycles. The first kappa shape index (κ1) is 17.2. The van der Waals surface area contributed by atoms with E-state index in [9.17, 15) is 4.79 Å². The van der Waals surface area contributed by atoms with Gasteiger partial charge in [-0.1, -0.05) is 35.9 Å². The third-order valence-corrected chi connectivity index (χ3v) is 3.79. The number of pyridine rings is 1. The summed E-state index contributed by atoms with van der Waals surface area (Å²) in [5.74, 6) is 0.0415. The van der Waals surface area contributed by atoms with Crippen LogP contribution < -0.4 is 5.32 Å². The number of aryl methyl sites for hydroxylation is 2. The predicted molar refractivity (Wildman–Crippen MR) is 93.2 cm³/mol. The molecule has 23 heavy (non-hydrogen) atoms. The quantitative estimate of drug-likeness (QED) is 0.800. The van der Waals surface area contributed by atoms with Gasteiger partial charge in [-0.3, -0.25) is 14.7 Å². The molecule has 1 aromatic heterocycles. The minimum absolute atomic E-state index is 0.0415. The maximum absolute atomic E-state index is 12.5. The van der Waals surface area contributed by atoms with E-state index in [-0.39, 0.29) is 11.9 Å². The van der Waals surface area contributed by atoms with Gasteiger partial charge in [0.05, 0.1) is 0 Å². The molecule has 122 valence electrons. The Labute approximate surface area is 138 Å². The Hall–Kier alpha value is -2.20. The van der Waals surface area contributed by atoms with Crippen LogP contribution in [0.2, 0.25) is 0 Å². The van der Waals surface area contributed by atoms with Crippen LogP contribution in [-0.2, 0) is 11.2 Å². The Morgan fingerprint density at radius 2 is 1.91 bits per heavy atom. The summed E-state index contributed by atoms with van der Waals surface area (Å²) < 4.78 is 0. The van der Waals surface area contributed by atoms with Gasteiger partial charge in [0.2, 0.25) is 5.91 Å². The van der Waals surface area contributed by atoms with E-state index in [1.807, 2.05) is 68.4 Å². The van der Waals surface area contributed by atoms with Crippen molar-refractivity contribution in [3.05, 3.63) is 65.5 Å². The van der Waals surface area contributed by atoms with Gasteiger partial charge >= 0.3 is 0 Å². The molecule has 0 radical (unpaired) electrons. The van der Waals surface area contributed by atoms with Crippen LogP contribution in [-0.4, -0.2) is 36.4 Å². The highest BCUT2D eigenvalue weighted by atomic mass is 16.2. The second-order valence-electron chi connectivity index (χ2n) is 5.99. The summed E-state index contributed by atoms with van der Waals surface area (Å²) in [4.78, 5) is 18.7. The van der Waals surface area contributed by atoms with Crippen LogP contribution in [0.1, 0.15) is 29.3 Å². The lowest BCUT2D eigenvalue weighted by atomic mass is 10.0. The Morgan fingerprint density at radius 3 is 2.52 bits per heavy atom. The van der Waals surface area contributed by atoms with Gasteiger partial charge in [-0.25, -0.2) is 0 Å². The monoisotopic (exact) mass is 311 g/mol. The average Bonchev–Trinajstić information content (AvgIpc) is 2.54. The molecule has 0 spiro atoms. The zero-order valence-electron chi connectivity index (χ0n) is 14.1. The molecule has 4 nitrogen and oxygen atoms in total. The number of hydrogen-bond donors (Lipinski definition) is 1. The number of carbonyl (C=O) groups is 1. The van der Waals surface area contributed by atoms with Crippen LogP contribution >= 0.6 is 0 Å². The number of amides is 1. The van der Waals surface area contributed by atoms with Crippen molar-refractivity contribution in [2.45, 2.75) is 25.8 Å². The zero-order chi connectivity index (χ0) is 16.7. The highest BCUT2D eigenvalue weighted by Gasteiger charge is 2.22. The smallest absolute Gasteiger partial charge is 0.241 e. The van der Waals surface area contributed by atoms with Crippen molar-refractivity contribution in [3.8, 4) is 0 Å². The molecule has 0 aliphatic rings. The maximum Gasteiger partial charge on any atom is 0.241 e. The molecule has 0 fully saturated rings. The number of benzene rings is 1. The van der Waals surface area contributed by atoms with Gasteiger partial charge in [0.15, 0.2) is 0 Å². The molecule has 2 rings (SSSR count). The summed E-state index contributed by atoms with van der Waals surface area (Å²) in [6.45, 7) is 2.71. The van der Waals surface area contributed by atoms with Gasteiger partial charge in [0.25, 0.3) is 0 Å². The van der Waals surface area contributed by atoms with Crippen LogP contribution in [0.3, 0.4) is 0 Å². The Bertz CT molecular complexity index is 608. The van der Waals surface area contributed by atoms with Crippen LogP contribution in [0.25, 0.3) is 0 Å². The lowest BCUT2D eigenvalue weighted by molar-refractivity contribution is -0.125. The molecule has 0 saturated heterocycles. The number of likely N-dealkylation sites (N-methyl/N-ethyl adjacent to an activating group) is 1. The molecule has 1 amide bonds. The molecule has 4 heteroatoms. The number of rotatable bonds is 7. The highest BCUT2D eigenvalue weighted by molar-refractivity contribution is 5.83. The maximum atomic E-state index is 12.5. The zero-order valence-corrected chi connectivity index (χ0v) is 14.1. The topological polar surface area (TPSA) is 45.2 Å². The van der Waals surface area contributed by atoms with Gasteiger partial charge in [-0.2, -0.15) is 0 Å². The fraction of sp³-hybridized carbons (Fsp3) is 0.368. The van der Waals surface area contributed by atoms with Crippen molar-refractivity contribution < 1.29 is 4.79 Å². The van der Waals surface area contributed by atoms with Gasteiger partial charge < -0.3 is 5.32 Å². The van der Waals surface area contributed by atoms with Crippen molar-refractivity contribution in [3.63, 3.8) is 0 Å². The van der Waals surface area contributed by atoms with E-state index < -0.39 is 0 Å². The second kappa shape index (κ2) is 8.44. The van der Waals surface area contributed by atoms with Crippen molar-refractivity contribution >= 4 is 5.91 Å². The highest BCUT2D eigenvalue weighted by Crippen LogP contribution is 2.19. The summed E-state index contributed by atoms with van der Waals surface area (Å²) in [5.41, 5.74) is 3.27. The number of nitrogens with one attached hydrogen (secondary N) is 1. The van der Waals surface area contributed by atoms with E-state index in [4.69, 9.17) is 0 Å². The molecule has 1 atom stereocenters. The van der Waals surface area contributed by atoms with E-state index in [1.54, 1.807) is 6.20 Å². The third-order valence-electron chi connectivity index (χ3n) is 3.79. The standard InChI is InChI=1S/C19H25N3O/c1-15-9-11-16(12-10-15)18(22(2)3)19(23)21-14-6-8-17-7-4-5-13-20-17/h4-5,7,9-13,18H,6,8,14H2,1-3H3,(H,21,23)/t18-/m0/s1. The average molecular weight is 311 g/mol. The summed E-state index contributed by atoms with van der Waals surface area (Å²) >= 11 is 0. The number of nitrogens with zero attached hydrogens (tertiary/aromatic N) is 2. The SMILES string of the molecule is Cc1ccc([C@@H](C(=O)NCCCc2ccccn2)N(C)C)cc1. The van der Waals surface area contributed by atoms with Crippen molar-refractivity contribution in [1.29, 1.82) is 0 Å². The molecule has 1 heterocycles. The molecule has 0 unspecified atom stereocenters. The minimum atomic E-state index is -0.259. The molecular weight excluding hydrogens is 286 g/mol. The molecule has 0 aliphatic heterocycles. The Balaban J connectivity index is 1.87. The van der Waals surface area contributed by atoms with E-state index in [0.29, 0.717) is 6.54 Å². The summed E-state index contributed by atoms with van der Waals surface area (Å²) in [6, 6.07) is 13.8. The number of carbonyl (C=O) groups excluding carboxylic acids is 1. The number of aromatic nitrogens is 1. The van der Waals surface area contributed by atoms with E-state index in [0.717, 1.165) is 24.1 Å². The van der Waals surface area contributed by atoms with E-state index >= 15 is 0 Å². The normalized spacial score (nSPS) is 12.2. The first-order valence-corrected chi connectivity index (χ1v) is 7.98. The summed E-state index contributed by atoms with van der Waals surface area (Å²) in [7, 11) is 3.86. The predicted octanol–water partition coefficient (Wildman–Crippen LogP) is 2.74. The Kier molecular flexibility index (Phi) is 6.29. The lowest BCUT2D eigenvalue weighted by Gasteiger charge is -2.24. The number of hydrogen-bond acceptors (Lipinski definition) is 3. The van der Waals surface area contributed by atoms with Gasteiger partial charge in [0, 0.05) is 18.4 Å². The van der Waals surface area contributed by atoms with Gasteiger partial charge in [-0.05, 0) is 51.6 Å². The van der Waals surface area contributed by atoms with Gasteiger partial charge in [-0.15, -0.1) is 0 Å². The third kappa shape index (κ3) is 5.18. The van der Waals surface area contributed by atoms with Crippen molar-refractivity contribution in [2.75, 3.05) is 20.6 Å². The molecule has 0 saturated carbocycles. The van der Waals surface area contributed by atoms with E-state index in [1.165, 1.54) is 5.56 Å². The molecule has 2 aromatic rings. The van der Waals surface area contributed by atoms with Crippen molar-refractivity contribution in [1.82, 2.24) is 15.2 Å². The fourth-order valence-corrected chi connectivity index (χ4v) is 2.56. The van der Waals surface area contributed by atoms with E-state index in [2.05, 4.69) is 10.3 Å². The lowest BCUT2D eigenvalue weighted by Crippen LogP contribution is -2.37. The van der Waals surface area contributed by atoms with Crippen LogP contribution in [0.5, 0.6) is 0 Å². The minimum Gasteiger partial charge on any atom is -0.354 e. The molecule has 0 bridgehead atoms. The fourth-order valence-electron chi connectivity index (χ4n) is 2.56. The van der Waals surface area contributed by atoms with Crippen LogP contribution in [0.15, 0.2) is 48.7 Å².